The molecule has 0 radical (unpaired) electrons. The minimum atomic E-state index is 0.107. The van der Waals surface area contributed by atoms with Crippen LogP contribution in [-0.2, 0) is 12.8 Å². The number of carbonyl (C=O) groups excluding carboxylic acids is 1. The fourth-order valence-electron chi connectivity index (χ4n) is 1.64. The summed E-state index contributed by atoms with van der Waals surface area (Å²) in [4.78, 5) is 16.3. The first-order valence-corrected chi connectivity index (χ1v) is 7.37. The summed E-state index contributed by atoms with van der Waals surface area (Å²) in [6, 6.07) is 7.77. The number of carbonyl (C=O) groups is 1. The highest BCUT2D eigenvalue weighted by atomic mass is 32.2. The summed E-state index contributed by atoms with van der Waals surface area (Å²) in [5.41, 5.74) is 1.99. The van der Waals surface area contributed by atoms with Gasteiger partial charge in [-0.15, -0.1) is 5.10 Å². The monoisotopic (exact) mass is 275 g/mol. The number of aryl methyl sites for hydroxylation is 2. The van der Waals surface area contributed by atoms with Crippen molar-refractivity contribution in [3.05, 3.63) is 41.2 Å². The Hall–Kier alpha value is -1.62. The number of benzene rings is 1. The molecule has 19 heavy (non-hydrogen) atoms. The van der Waals surface area contributed by atoms with E-state index in [2.05, 4.69) is 22.1 Å². The van der Waals surface area contributed by atoms with Crippen molar-refractivity contribution in [3.8, 4) is 0 Å². The van der Waals surface area contributed by atoms with E-state index in [-0.39, 0.29) is 5.78 Å². The molecule has 0 saturated heterocycles. The number of aromatic nitrogens is 3. The van der Waals surface area contributed by atoms with Crippen molar-refractivity contribution in [2.45, 2.75) is 31.8 Å². The Morgan fingerprint density at radius 2 is 1.95 bits per heavy atom. The van der Waals surface area contributed by atoms with Gasteiger partial charge in [0.2, 0.25) is 5.16 Å². The van der Waals surface area contributed by atoms with E-state index in [4.69, 9.17) is 0 Å². The number of hydrogen-bond donors (Lipinski definition) is 1. The minimum Gasteiger partial charge on any atom is -0.293 e. The summed E-state index contributed by atoms with van der Waals surface area (Å²) >= 11 is 1.37. The Morgan fingerprint density at radius 3 is 2.53 bits per heavy atom. The Kier molecular flexibility index (Phi) is 4.74. The molecule has 4 nitrogen and oxygen atoms in total. The fraction of sp³-hybridized carbons (Fsp3) is 0.357. The number of thioether (sulfide) groups is 1. The Balaban J connectivity index is 1.93. The topological polar surface area (TPSA) is 58.6 Å². The molecule has 1 aromatic heterocycles. The average Bonchev–Trinajstić information content (AvgIpc) is 2.93. The Labute approximate surface area is 117 Å². The average molecular weight is 275 g/mol. The zero-order chi connectivity index (χ0) is 13.7. The molecular formula is C14H17N3OS. The lowest BCUT2D eigenvalue weighted by Crippen LogP contribution is -2.02. The maximum Gasteiger partial charge on any atom is 0.208 e. The van der Waals surface area contributed by atoms with Crippen LogP contribution in [0.2, 0.25) is 0 Å². The molecule has 0 fully saturated rings. The Morgan fingerprint density at radius 1 is 1.21 bits per heavy atom. The molecule has 1 aromatic carbocycles. The van der Waals surface area contributed by atoms with Crippen LogP contribution in [-0.4, -0.2) is 26.7 Å². The second kappa shape index (κ2) is 6.52. The van der Waals surface area contributed by atoms with E-state index < -0.39 is 0 Å². The highest BCUT2D eigenvalue weighted by Crippen LogP contribution is 2.15. The van der Waals surface area contributed by atoms with Crippen LogP contribution in [0, 0.1) is 0 Å². The second-order valence-corrected chi connectivity index (χ2v) is 5.12. The van der Waals surface area contributed by atoms with Gasteiger partial charge in [-0.25, -0.2) is 4.98 Å². The van der Waals surface area contributed by atoms with E-state index in [1.807, 2.05) is 31.2 Å². The smallest absolute Gasteiger partial charge is 0.208 e. The molecule has 0 bridgehead atoms. The molecule has 0 amide bonds. The summed E-state index contributed by atoms with van der Waals surface area (Å²) in [6.07, 6.45) is 1.81. The summed E-state index contributed by atoms with van der Waals surface area (Å²) in [5, 5.41) is 7.53. The van der Waals surface area contributed by atoms with Gasteiger partial charge in [-0.2, -0.15) is 0 Å². The number of hydrogen-bond acceptors (Lipinski definition) is 4. The van der Waals surface area contributed by atoms with Crippen LogP contribution >= 0.6 is 11.8 Å². The lowest BCUT2D eigenvalue weighted by atomic mass is 10.1. The zero-order valence-corrected chi connectivity index (χ0v) is 12.0. The van der Waals surface area contributed by atoms with Crippen LogP contribution in [0.4, 0.5) is 0 Å². The van der Waals surface area contributed by atoms with Gasteiger partial charge < -0.3 is 0 Å². The first-order valence-electron chi connectivity index (χ1n) is 6.39. The molecule has 2 rings (SSSR count). The van der Waals surface area contributed by atoms with Gasteiger partial charge >= 0.3 is 0 Å². The van der Waals surface area contributed by atoms with Gasteiger partial charge in [0.25, 0.3) is 0 Å². The number of Topliss-reactive ketones (excluding diaryl/α,β-unsaturated/α-hetero) is 1. The quantitative estimate of drug-likeness (QED) is 0.650. The summed E-state index contributed by atoms with van der Waals surface area (Å²) < 4.78 is 0. The minimum absolute atomic E-state index is 0.107. The third-order valence-electron chi connectivity index (χ3n) is 2.86. The lowest BCUT2D eigenvalue weighted by Gasteiger charge is -2.01. The van der Waals surface area contributed by atoms with Crippen LogP contribution in [0.25, 0.3) is 0 Å². The molecule has 0 spiro atoms. The van der Waals surface area contributed by atoms with Gasteiger partial charge in [0.05, 0.1) is 5.75 Å². The maximum absolute atomic E-state index is 12.0. The lowest BCUT2D eigenvalue weighted by molar-refractivity contribution is 0.102. The highest BCUT2D eigenvalue weighted by Gasteiger charge is 2.09. The van der Waals surface area contributed by atoms with Crippen molar-refractivity contribution in [2.75, 3.05) is 5.75 Å². The van der Waals surface area contributed by atoms with Crippen LogP contribution in [0.15, 0.2) is 29.4 Å². The number of ketones is 1. The number of rotatable bonds is 6. The molecule has 0 aliphatic heterocycles. The maximum atomic E-state index is 12.0. The van der Waals surface area contributed by atoms with Crippen LogP contribution < -0.4 is 0 Å². The molecule has 1 N–H and O–H groups in total. The Bertz CT molecular complexity index is 548. The first-order chi connectivity index (χ1) is 9.22. The van der Waals surface area contributed by atoms with Crippen LogP contribution in [0.5, 0.6) is 0 Å². The van der Waals surface area contributed by atoms with E-state index in [1.165, 1.54) is 17.3 Å². The summed E-state index contributed by atoms with van der Waals surface area (Å²) in [6.45, 7) is 4.11. The molecule has 0 aliphatic rings. The second-order valence-electron chi connectivity index (χ2n) is 4.18. The van der Waals surface area contributed by atoms with Crippen molar-refractivity contribution in [3.63, 3.8) is 0 Å². The third kappa shape index (κ3) is 3.67. The molecular weight excluding hydrogens is 258 g/mol. The van der Waals surface area contributed by atoms with E-state index in [0.29, 0.717) is 10.9 Å². The number of H-pyrrole nitrogens is 1. The van der Waals surface area contributed by atoms with E-state index in [0.717, 1.165) is 24.2 Å². The number of nitrogens with zero attached hydrogens (tertiary/aromatic N) is 2. The van der Waals surface area contributed by atoms with Crippen molar-refractivity contribution in [1.82, 2.24) is 15.2 Å². The van der Waals surface area contributed by atoms with Crippen LogP contribution in [0.3, 0.4) is 0 Å². The standard InChI is InChI=1S/C14H17N3OS/c1-3-10-5-7-11(8-6-10)12(18)9-19-14-15-13(4-2)16-17-14/h5-8H,3-4,9H2,1-2H3,(H,15,16,17). The SMILES string of the molecule is CCc1ccc(C(=O)CSc2n[nH]c(CC)n2)cc1. The van der Waals surface area contributed by atoms with E-state index in [9.17, 15) is 4.79 Å². The molecule has 2 aromatic rings. The van der Waals surface area contributed by atoms with Crippen molar-refractivity contribution in [1.29, 1.82) is 0 Å². The fourth-order valence-corrected chi connectivity index (χ4v) is 2.35. The number of nitrogens with one attached hydrogen (secondary N) is 1. The molecule has 5 heteroatoms. The van der Waals surface area contributed by atoms with Gasteiger partial charge in [-0.1, -0.05) is 49.9 Å². The summed E-state index contributed by atoms with van der Waals surface area (Å²) in [7, 11) is 0. The third-order valence-corrected chi connectivity index (χ3v) is 3.71. The zero-order valence-electron chi connectivity index (χ0n) is 11.1. The van der Waals surface area contributed by atoms with Gasteiger partial charge in [0.15, 0.2) is 5.78 Å². The summed E-state index contributed by atoms with van der Waals surface area (Å²) in [5.74, 6) is 1.32. The molecule has 0 atom stereocenters. The van der Waals surface area contributed by atoms with Crippen molar-refractivity contribution < 1.29 is 4.79 Å². The molecule has 0 unspecified atom stereocenters. The van der Waals surface area contributed by atoms with Gasteiger partial charge in [0, 0.05) is 12.0 Å². The molecule has 0 saturated carbocycles. The molecule has 1 heterocycles. The molecule has 0 aliphatic carbocycles. The normalized spacial score (nSPS) is 10.6. The van der Waals surface area contributed by atoms with E-state index in [1.54, 1.807) is 0 Å². The highest BCUT2D eigenvalue weighted by molar-refractivity contribution is 7.99. The predicted octanol–water partition coefficient (Wildman–Crippen LogP) is 2.90. The van der Waals surface area contributed by atoms with Crippen molar-refractivity contribution >= 4 is 17.5 Å². The number of aromatic amines is 1. The molecule has 100 valence electrons. The van der Waals surface area contributed by atoms with Gasteiger partial charge in [0.1, 0.15) is 5.82 Å². The van der Waals surface area contributed by atoms with Gasteiger partial charge in [-0.3, -0.25) is 9.89 Å². The predicted molar refractivity (Wildman–Crippen MR) is 76.6 cm³/mol. The first kappa shape index (κ1) is 13.8. The van der Waals surface area contributed by atoms with E-state index >= 15 is 0 Å². The van der Waals surface area contributed by atoms with Gasteiger partial charge in [-0.05, 0) is 12.0 Å². The van der Waals surface area contributed by atoms with Crippen LogP contribution in [0.1, 0.15) is 35.6 Å². The largest absolute Gasteiger partial charge is 0.293 e. The van der Waals surface area contributed by atoms with Crippen molar-refractivity contribution in [2.24, 2.45) is 0 Å².